The molecular weight excluding hydrogens is 316 g/mol. The van der Waals surface area contributed by atoms with Gasteiger partial charge in [-0.3, -0.25) is 0 Å². The van der Waals surface area contributed by atoms with Crippen LogP contribution in [0.2, 0.25) is 0 Å². The average molecular weight is 352 g/mol. The maximum absolute atomic E-state index is 12.7. The van der Waals surface area contributed by atoms with Gasteiger partial charge in [-0.1, -0.05) is 67.0 Å². The highest BCUT2D eigenvalue weighted by Gasteiger charge is 2.29. The number of benzene rings is 1. The van der Waals surface area contributed by atoms with E-state index < -0.39 is 9.84 Å². The third-order valence-corrected chi connectivity index (χ3v) is 6.08. The summed E-state index contributed by atoms with van der Waals surface area (Å²) in [5, 5.41) is 0. The number of hydrogen-bond acceptors (Lipinski definition) is 2. The first-order valence-electron chi connectivity index (χ1n) is 9.14. The molecule has 0 saturated heterocycles. The van der Waals surface area contributed by atoms with E-state index in [1.165, 1.54) is 5.75 Å². The molecule has 0 aliphatic carbocycles. The lowest BCUT2D eigenvalue weighted by Gasteiger charge is -2.33. The molecule has 137 valence electrons. The quantitative estimate of drug-likeness (QED) is 0.568. The van der Waals surface area contributed by atoms with Crippen LogP contribution in [0.25, 0.3) is 0 Å². The number of aryl methyl sites for hydroxylation is 1. The Morgan fingerprint density at radius 3 is 2.17 bits per heavy atom. The van der Waals surface area contributed by atoms with Gasteiger partial charge in [-0.15, -0.1) is 0 Å². The number of unbranched alkanes of at least 4 members (excludes halogenated alkanes) is 1. The fourth-order valence-corrected chi connectivity index (χ4v) is 5.00. The SMILES string of the molecule is CC[CH]S(=O)(=O)c1cc(C(C)(C)CC(C)(C)C)ccc1CCCC. The van der Waals surface area contributed by atoms with Crippen LogP contribution in [0.3, 0.4) is 0 Å². The van der Waals surface area contributed by atoms with Crippen molar-refractivity contribution in [3.63, 3.8) is 0 Å². The second kappa shape index (κ2) is 8.03. The van der Waals surface area contributed by atoms with E-state index in [9.17, 15) is 8.42 Å². The summed E-state index contributed by atoms with van der Waals surface area (Å²) in [6.45, 7) is 15.1. The van der Waals surface area contributed by atoms with Crippen molar-refractivity contribution in [1.29, 1.82) is 0 Å². The van der Waals surface area contributed by atoms with Crippen LogP contribution in [0.15, 0.2) is 23.1 Å². The van der Waals surface area contributed by atoms with Crippen molar-refractivity contribution in [1.82, 2.24) is 0 Å². The van der Waals surface area contributed by atoms with Gasteiger partial charge in [-0.25, -0.2) is 8.42 Å². The van der Waals surface area contributed by atoms with Crippen LogP contribution in [-0.4, -0.2) is 8.42 Å². The topological polar surface area (TPSA) is 34.1 Å². The van der Waals surface area contributed by atoms with E-state index in [1.54, 1.807) is 0 Å². The summed E-state index contributed by atoms with van der Waals surface area (Å²) >= 11 is 0. The molecule has 0 bridgehead atoms. The molecule has 24 heavy (non-hydrogen) atoms. The van der Waals surface area contributed by atoms with Gasteiger partial charge in [0, 0.05) is 0 Å². The Balaban J connectivity index is 3.37. The van der Waals surface area contributed by atoms with E-state index in [4.69, 9.17) is 0 Å². The van der Waals surface area contributed by atoms with E-state index in [2.05, 4.69) is 47.6 Å². The first kappa shape index (κ1) is 21.2. The Hall–Kier alpha value is -0.830. The highest BCUT2D eigenvalue weighted by Crippen LogP contribution is 2.38. The summed E-state index contributed by atoms with van der Waals surface area (Å²) in [5.41, 5.74) is 2.20. The van der Waals surface area contributed by atoms with Gasteiger partial charge in [-0.2, -0.15) is 0 Å². The predicted octanol–water partition coefficient (Wildman–Crippen LogP) is 6.09. The van der Waals surface area contributed by atoms with Gasteiger partial charge < -0.3 is 0 Å². The zero-order valence-corrected chi connectivity index (χ0v) is 17.4. The lowest BCUT2D eigenvalue weighted by Crippen LogP contribution is -2.25. The van der Waals surface area contributed by atoms with Crippen LogP contribution in [0.5, 0.6) is 0 Å². The minimum Gasteiger partial charge on any atom is -0.223 e. The minimum atomic E-state index is -3.32. The second-order valence-corrected chi connectivity index (χ2v) is 10.5. The lowest BCUT2D eigenvalue weighted by molar-refractivity contribution is 0.284. The minimum absolute atomic E-state index is 0.0575. The van der Waals surface area contributed by atoms with Gasteiger partial charge in [0.1, 0.15) is 0 Å². The normalized spacial score (nSPS) is 13.3. The van der Waals surface area contributed by atoms with Crippen molar-refractivity contribution < 1.29 is 8.42 Å². The monoisotopic (exact) mass is 351 g/mol. The second-order valence-electron chi connectivity index (χ2n) is 8.67. The van der Waals surface area contributed by atoms with E-state index >= 15 is 0 Å². The molecule has 0 aromatic heterocycles. The van der Waals surface area contributed by atoms with Gasteiger partial charge in [-0.05, 0) is 53.7 Å². The van der Waals surface area contributed by atoms with Gasteiger partial charge >= 0.3 is 0 Å². The standard InChI is InChI=1S/C21H35O2S/c1-8-10-11-17-12-13-18(21(6,7)16-20(3,4)5)15-19(17)24(22,23)14-9-2/h12-15H,8-11,16H2,1-7H3. The summed E-state index contributed by atoms with van der Waals surface area (Å²) in [5.74, 6) is 1.44. The van der Waals surface area contributed by atoms with Gasteiger partial charge in [0.15, 0.2) is 9.84 Å². The molecule has 1 aromatic rings. The molecule has 2 nitrogen and oxygen atoms in total. The summed E-state index contributed by atoms with van der Waals surface area (Å²) in [6, 6.07) is 6.09. The van der Waals surface area contributed by atoms with Crippen molar-refractivity contribution >= 4 is 9.84 Å². The molecule has 0 spiro atoms. The molecular formula is C21H35O2S. The molecule has 0 N–H and O–H groups in total. The Kier molecular flexibility index (Phi) is 7.10. The van der Waals surface area contributed by atoms with Gasteiger partial charge in [0.2, 0.25) is 0 Å². The summed E-state index contributed by atoms with van der Waals surface area (Å²) in [4.78, 5) is 0.511. The number of sulfone groups is 1. The molecule has 0 unspecified atom stereocenters. The highest BCUT2D eigenvalue weighted by atomic mass is 32.2. The van der Waals surface area contributed by atoms with Crippen LogP contribution in [-0.2, 0) is 21.7 Å². The van der Waals surface area contributed by atoms with Crippen molar-refractivity contribution in [2.24, 2.45) is 5.41 Å². The van der Waals surface area contributed by atoms with E-state index in [1.807, 2.05) is 19.1 Å². The molecule has 0 fully saturated rings. The molecule has 0 amide bonds. The Morgan fingerprint density at radius 1 is 1.04 bits per heavy atom. The summed E-state index contributed by atoms with van der Waals surface area (Å²) in [6.07, 6.45) is 4.44. The fourth-order valence-electron chi connectivity index (χ4n) is 3.55. The maximum atomic E-state index is 12.7. The van der Waals surface area contributed by atoms with Gasteiger partial charge in [0.25, 0.3) is 0 Å². The van der Waals surface area contributed by atoms with Crippen LogP contribution in [0.1, 0.15) is 85.3 Å². The summed E-state index contributed by atoms with van der Waals surface area (Å²) in [7, 11) is -3.32. The molecule has 1 rings (SSSR count). The molecule has 0 aliphatic heterocycles. The van der Waals surface area contributed by atoms with Crippen LogP contribution < -0.4 is 0 Å². The van der Waals surface area contributed by atoms with E-state index in [-0.39, 0.29) is 10.8 Å². The summed E-state index contributed by atoms with van der Waals surface area (Å²) < 4.78 is 25.5. The Morgan fingerprint density at radius 2 is 1.67 bits per heavy atom. The first-order chi connectivity index (χ1) is 10.9. The molecule has 0 heterocycles. The Bertz CT molecular complexity index is 634. The molecule has 1 radical (unpaired) electrons. The van der Waals surface area contributed by atoms with Crippen molar-refractivity contribution in [3.8, 4) is 0 Å². The van der Waals surface area contributed by atoms with E-state index in [0.717, 1.165) is 36.8 Å². The molecule has 0 saturated carbocycles. The Labute approximate surface area is 150 Å². The van der Waals surface area contributed by atoms with Crippen molar-refractivity contribution in [2.75, 3.05) is 0 Å². The predicted molar refractivity (Wildman–Crippen MR) is 104 cm³/mol. The zero-order valence-electron chi connectivity index (χ0n) is 16.6. The number of rotatable bonds is 8. The highest BCUT2D eigenvalue weighted by molar-refractivity contribution is 7.93. The molecule has 0 aliphatic rings. The van der Waals surface area contributed by atoms with E-state index in [0.29, 0.717) is 11.3 Å². The smallest absolute Gasteiger partial charge is 0.182 e. The van der Waals surface area contributed by atoms with Gasteiger partial charge in [0.05, 0.1) is 10.6 Å². The zero-order chi connectivity index (χ0) is 18.6. The average Bonchev–Trinajstić information content (AvgIpc) is 2.42. The number of hydrogen-bond donors (Lipinski definition) is 0. The van der Waals surface area contributed by atoms with Crippen molar-refractivity contribution in [2.45, 2.75) is 90.9 Å². The maximum Gasteiger partial charge on any atom is 0.182 e. The molecule has 1 aromatic carbocycles. The third-order valence-electron chi connectivity index (χ3n) is 4.31. The van der Waals surface area contributed by atoms with Crippen LogP contribution in [0.4, 0.5) is 0 Å². The lowest BCUT2D eigenvalue weighted by atomic mass is 9.72. The molecule has 0 atom stereocenters. The molecule has 3 heteroatoms. The third kappa shape index (κ3) is 5.91. The largest absolute Gasteiger partial charge is 0.223 e. The first-order valence-corrected chi connectivity index (χ1v) is 10.7. The van der Waals surface area contributed by atoms with Crippen LogP contribution in [0, 0.1) is 11.2 Å². The fraction of sp³-hybridized carbons (Fsp3) is 0.667. The van der Waals surface area contributed by atoms with Crippen molar-refractivity contribution in [3.05, 3.63) is 35.1 Å². The van der Waals surface area contributed by atoms with Crippen LogP contribution >= 0.6 is 0 Å².